The van der Waals surface area contributed by atoms with Crippen LogP contribution in [0.2, 0.25) is 0 Å². The summed E-state index contributed by atoms with van der Waals surface area (Å²) in [5, 5.41) is 14.2. The van der Waals surface area contributed by atoms with Crippen molar-refractivity contribution >= 4 is 5.96 Å². The Balaban J connectivity index is 1.77. The van der Waals surface area contributed by atoms with Gasteiger partial charge in [-0.25, -0.2) is 10.3 Å². The fourth-order valence-corrected chi connectivity index (χ4v) is 1.84. The summed E-state index contributed by atoms with van der Waals surface area (Å²) in [5.41, 5.74) is 1.37. The van der Waals surface area contributed by atoms with Gasteiger partial charge in [-0.05, 0) is 5.56 Å². The third kappa shape index (κ3) is 3.47. The zero-order chi connectivity index (χ0) is 11.9. The largest absolute Gasteiger partial charge is 0.366 e. The number of hydrogen-bond donors (Lipinski definition) is 4. The Morgan fingerprint density at radius 2 is 2.24 bits per heavy atom. The average Bonchev–Trinajstić information content (AvgIpc) is 2.40. The highest BCUT2D eigenvalue weighted by molar-refractivity contribution is 5.75. The first-order chi connectivity index (χ1) is 8.38. The maximum Gasteiger partial charge on any atom is 0.366 e. The first-order valence-electron chi connectivity index (χ1n) is 5.76. The van der Waals surface area contributed by atoms with Crippen LogP contribution in [-0.4, -0.2) is 25.8 Å². The van der Waals surface area contributed by atoms with Gasteiger partial charge in [-0.1, -0.05) is 30.3 Å². The molecule has 0 radical (unpaired) electrons. The average molecular weight is 231 g/mol. The fourth-order valence-electron chi connectivity index (χ4n) is 1.84. The summed E-state index contributed by atoms with van der Waals surface area (Å²) in [6, 6.07) is 10.5. The second-order valence-electron chi connectivity index (χ2n) is 4.05. The van der Waals surface area contributed by atoms with E-state index < -0.39 is 0 Å². The highest BCUT2D eigenvalue weighted by Gasteiger charge is 2.18. The van der Waals surface area contributed by atoms with E-state index in [0.717, 1.165) is 26.3 Å². The summed E-state index contributed by atoms with van der Waals surface area (Å²) in [6.45, 7) is 2.75. The van der Waals surface area contributed by atoms with Gasteiger partial charge >= 0.3 is 5.96 Å². The molecule has 1 aliphatic rings. The number of rotatable bonds is 3. The van der Waals surface area contributed by atoms with Crippen molar-refractivity contribution in [3.05, 3.63) is 35.9 Å². The van der Waals surface area contributed by atoms with Crippen LogP contribution < -0.4 is 20.5 Å². The number of nitriles is 1. The van der Waals surface area contributed by atoms with Crippen molar-refractivity contribution in [2.24, 2.45) is 0 Å². The van der Waals surface area contributed by atoms with Gasteiger partial charge in [-0.15, -0.1) is 0 Å². The lowest BCUT2D eigenvalue weighted by Gasteiger charge is -2.19. The monoisotopic (exact) mass is 231 g/mol. The van der Waals surface area contributed by atoms with Gasteiger partial charge in [0.15, 0.2) is 13.3 Å². The number of nitrogens with one attached hydrogen (secondary N) is 4. The predicted molar refractivity (Wildman–Crippen MR) is 63.6 cm³/mol. The molecule has 17 heavy (non-hydrogen) atoms. The molecule has 1 aromatic rings. The van der Waals surface area contributed by atoms with E-state index in [1.165, 1.54) is 10.5 Å². The van der Waals surface area contributed by atoms with E-state index in [4.69, 9.17) is 5.26 Å². The van der Waals surface area contributed by atoms with Gasteiger partial charge in [0.25, 0.3) is 6.19 Å². The molecule has 0 fully saturated rings. The molecule has 0 aromatic heterocycles. The van der Waals surface area contributed by atoms with Crippen molar-refractivity contribution in [2.75, 3.05) is 19.9 Å². The lowest BCUT2D eigenvalue weighted by atomic mass is 10.1. The summed E-state index contributed by atoms with van der Waals surface area (Å²) in [4.78, 5) is 4.57. The van der Waals surface area contributed by atoms with Crippen molar-refractivity contribution in [3.63, 3.8) is 0 Å². The molecule has 5 heteroatoms. The Morgan fingerprint density at radius 1 is 1.41 bits per heavy atom. The number of quaternary nitrogens is 1. The van der Waals surface area contributed by atoms with E-state index >= 15 is 0 Å². The van der Waals surface area contributed by atoms with Gasteiger partial charge in [-0.2, -0.15) is 10.6 Å². The third-order valence-corrected chi connectivity index (χ3v) is 2.82. The number of guanidine groups is 1. The van der Waals surface area contributed by atoms with E-state index in [1.807, 2.05) is 12.3 Å². The van der Waals surface area contributed by atoms with Crippen LogP contribution in [0, 0.1) is 11.5 Å². The third-order valence-electron chi connectivity index (χ3n) is 2.82. The molecule has 0 amide bonds. The molecule has 1 unspecified atom stereocenters. The summed E-state index contributed by atoms with van der Waals surface area (Å²) >= 11 is 0. The standard InChI is InChI=1S/C12H15N5/c13-8-14-12-15-9-17(10-16-12)7-6-11-4-2-1-3-5-11/h1-5H,6-7,9-10H2,(H2,14,15,16)/p+2. The maximum absolute atomic E-state index is 8.47. The molecule has 1 atom stereocenters. The number of benzene rings is 1. The topological polar surface area (TPSA) is 66.3 Å². The number of hydrogen-bond acceptors (Lipinski definition) is 3. The van der Waals surface area contributed by atoms with Crippen LogP contribution in [0.3, 0.4) is 0 Å². The molecule has 88 valence electrons. The van der Waals surface area contributed by atoms with E-state index in [1.54, 1.807) is 0 Å². The SMILES string of the molecule is N#CNC1=[NH+]C[NH+](CCc2ccccc2)CN1. The Bertz CT molecular complexity index is 420. The van der Waals surface area contributed by atoms with Crippen LogP contribution in [0.4, 0.5) is 0 Å². The van der Waals surface area contributed by atoms with Gasteiger partial charge in [0.1, 0.15) is 0 Å². The normalized spacial score (nSPS) is 18.8. The van der Waals surface area contributed by atoms with E-state index in [0.29, 0.717) is 5.96 Å². The minimum atomic E-state index is 0.705. The zero-order valence-electron chi connectivity index (χ0n) is 9.66. The van der Waals surface area contributed by atoms with Crippen molar-refractivity contribution in [2.45, 2.75) is 6.42 Å². The molecular weight excluding hydrogens is 214 g/mol. The summed E-state index contributed by atoms with van der Waals surface area (Å²) in [6.07, 6.45) is 2.96. The van der Waals surface area contributed by atoms with Gasteiger partial charge in [0.2, 0.25) is 0 Å². The summed E-state index contributed by atoms with van der Waals surface area (Å²) < 4.78 is 0. The molecule has 0 spiro atoms. The Hall–Kier alpha value is -2.06. The van der Waals surface area contributed by atoms with Crippen LogP contribution in [0.1, 0.15) is 5.56 Å². The molecule has 5 nitrogen and oxygen atoms in total. The highest BCUT2D eigenvalue weighted by atomic mass is 15.4. The Kier molecular flexibility index (Phi) is 3.95. The fraction of sp³-hybridized carbons (Fsp3) is 0.333. The van der Waals surface area contributed by atoms with E-state index in [9.17, 15) is 0 Å². The second-order valence-corrected chi connectivity index (χ2v) is 4.05. The van der Waals surface area contributed by atoms with Crippen LogP contribution in [0.5, 0.6) is 0 Å². The minimum Gasteiger partial charge on any atom is -0.276 e. The lowest BCUT2D eigenvalue weighted by Crippen LogP contribution is -3.24. The molecule has 0 bridgehead atoms. The molecular formula is C12H17N5+2. The van der Waals surface area contributed by atoms with Crippen molar-refractivity contribution in [3.8, 4) is 6.19 Å². The van der Waals surface area contributed by atoms with Crippen molar-refractivity contribution in [1.82, 2.24) is 10.6 Å². The summed E-state index contributed by atoms with van der Waals surface area (Å²) in [5.74, 6) is 0.705. The second kappa shape index (κ2) is 5.87. The molecule has 4 N–H and O–H groups in total. The maximum atomic E-state index is 8.47. The van der Waals surface area contributed by atoms with Crippen LogP contribution in [0.15, 0.2) is 30.3 Å². The van der Waals surface area contributed by atoms with Gasteiger partial charge in [0, 0.05) is 6.42 Å². The smallest absolute Gasteiger partial charge is 0.276 e. The van der Waals surface area contributed by atoms with Crippen molar-refractivity contribution in [1.29, 1.82) is 5.26 Å². The molecule has 1 aromatic carbocycles. The molecule has 0 saturated carbocycles. The molecule has 2 rings (SSSR count). The van der Waals surface area contributed by atoms with E-state index in [2.05, 4.69) is 39.9 Å². The molecule has 0 saturated heterocycles. The van der Waals surface area contributed by atoms with Crippen LogP contribution in [-0.2, 0) is 6.42 Å². The van der Waals surface area contributed by atoms with Crippen LogP contribution in [0.25, 0.3) is 0 Å². The van der Waals surface area contributed by atoms with Gasteiger partial charge in [-0.3, -0.25) is 4.90 Å². The quantitative estimate of drug-likeness (QED) is 0.334. The van der Waals surface area contributed by atoms with Gasteiger partial charge in [0.05, 0.1) is 6.54 Å². The van der Waals surface area contributed by atoms with Crippen LogP contribution >= 0.6 is 0 Å². The minimum absolute atomic E-state index is 0.705. The van der Waals surface area contributed by atoms with Crippen molar-refractivity contribution < 1.29 is 9.89 Å². The first-order valence-corrected chi connectivity index (χ1v) is 5.76. The number of nitrogens with zero attached hydrogens (tertiary/aromatic N) is 1. The Labute approximate surface area is 101 Å². The molecule has 0 aliphatic carbocycles. The highest BCUT2D eigenvalue weighted by Crippen LogP contribution is 1.97. The molecule has 1 aliphatic heterocycles. The summed E-state index contributed by atoms with van der Waals surface area (Å²) in [7, 11) is 0. The predicted octanol–water partition coefficient (Wildman–Crippen LogP) is -2.86. The Morgan fingerprint density at radius 3 is 2.88 bits per heavy atom. The lowest BCUT2D eigenvalue weighted by molar-refractivity contribution is -0.980. The van der Waals surface area contributed by atoms with E-state index in [-0.39, 0.29) is 0 Å². The van der Waals surface area contributed by atoms with Gasteiger partial charge < -0.3 is 0 Å². The first kappa shape index (κ1) is 11.4. The molecule has 1 heterocycles. The zero-order valence-corrected chi connectivity index (χ0v) is 9.66.